The van der Waals surface area contributed by atoms with Gasteiger partial charge in [0.05, 0.1) is 12.2 Å². The molecule has 1 amide bonds. The molecule has 2 saturated heterocycles. The fraction of sp³-hybridized carbons (Fsp3) is 0.609. The van der Waals surface area contributed by atoms with Crippen molar-refractivity contribution in [1.82, 2.24) is 29.4 Å². The number of carbonyl (C=O) groups is 1. The predicted molar refractivity (Wildman–Crippen MR) is 139 cm³/mol. The van der Waals surface area contributed by atoms with Crippen LogP contribution in [-0.2, 0) is 11.2 Å². The van der Waals surface area contributed by atoms with E-state index in [-0.39, 0.29) is 24.0 Å². The maximum absolute atomic E-state index is 12.5. The molecule has 2 fully saturated rings. The normalized spacial score (nSPS) is 18.0. The maximum Gasteiger partial charge on any atom is 0.236 e. The molecule has 0 bridgehead atoms. The van der Waals surface area contributed by atoms with Gasteiger partial charge in [0.25, 0.3) is 0 Å². The summed E-state index contributed by atoms with van der Waals surface area (Å²) in [5.74, 6) is 1.22. The van der Waals surface area contributed by atoms with Crippen LogP contribution in [0.2, 0.25) is 0 Å². The zero-order valence-corrected chi connectivity index (χ0v) is 21.6. The Labute approximate surface area is 208 Å². The SMILES string of the molecule is CN=C(NCCc1cn2cccc(C)c2n1)N1CCN(CC(=O)N2CCCCC2)CC1.I. The molecule has 2 aromatic rings. The van der Waals surface area contributed by atoms with Gasteiger partial charge in [-0.2, -0.15) is 0 Å². The molecule has 9 heteroatoms. The highest BCUT2D eigenvalue weighted by molar-refractivity contribution is 14.0. The number of pyridine rings is 1. The molecule has 0 radical (unpaired) electrons. The van der Waals surface area contributed by atoms with E-state index < -0.39 is 0 Å². The summed E-state index contributed by atoms with van der Waals surface area (Å²) in [6.45, 7) is 8.86. The lowest BCUT2D eigenvalue weighted by atomic mass is 10.1. The van der Waals surface area contributed by atoms with E-state index >= 15 is 0 Å². The first-order valence-corrected chi connectivity index (χ1v) is 11.5. The van der Waals surface area contributed by atoms with Crippen LogP contribution in [0.1, 0.15) is 30.5 Å². The number of rotatable bonds is 5. The summed E-state index contributed by atoms with van der Waals surface area (Å²) in [6.07, 6.45) is 8.55. The molecule has 8 nitrogen and oxygen atoms in total. The van der Waals surface area contributed by atoms with Gasteiger partial charge in [0.2, 0.25) is 5.91 Å². The van der Waals surface area contributed by atoms with Gasteiger partial charge in [0, 0.05) is 71.7 Å². The van der Waals surface area contributed by atoms with Crippen LogP contribution in [0.3, 0.4) is 0 Å². The number of piperidine rings is 1. The number of guanidine groups is 1. The van der Waals surface area contributed by atoms with Crippen LogP contribution in [-0.4, -0.2) is 95.4 Å². The number of hydrogen-bond acceptors (Lipinski definition) is 4. The lowest BCUT2D eigenvalue weighted by Gasteiger charge is -2.37. The van der Waals surface area contributed by atoms with Crippen LogP contribution in [0.25, 0.3) is 5.65 Å². The van der Waals surface area contributed by atoms with Crippen molar-refractivity contribution in [1.29, 1.82) is 0 Å². The Balaban J connectivity index is 0.00000289. The van der Waals surface area contributed by atoms with E-state index in [0.29, 0.717) is 12.5 Å². The molecule has 32 heavy (non-hydrogen) atoms. The molecule has 1 N–H and O–H groups in total. The van der Waals surface area contributed by atoms with E-state index in [0.717, 1.165) is 82.4 Å². The first-order chi connectivity index (χ1) is 15.1. The van der Waals surface area contributed by atoms with Crippen molar-refractivity contribution in [2.24, 2.45) is 4.99 Å². The van der Waals surface area contributed by atoms with Crippen LogP contribution in [0, 0.1) is 6.92 Å². The number of aliphatic imine (C=N–C) groups is 1. The molecule has 0 saturated carbocycles. The van der Waals surface area contributed by atoms with Gasteiger partial charge < -0.3 is 19.5 Å². The number of fused-ring (bicyclic) bond motifs is 1. The van der Waals surface area contributed by atoms with Crippen molar-refractivity contribution in [3.8, 4) is 0 Å². The average molecular weight is 553 g/mol. The van der Waals surface area contributed by atoms with Crippen molar-refractivity contribution in [3.63, 3.8) is 0 Å². The third kappa shape index (κ3) is 6.12. The number of nitrogens with zero attached hydrogens (tertiary/aromatic N) is 6. The van der Waals surface area contributed by atoms with Gasteiger partial charge in [-0.3, -0.25) is 14.7 Å². The third-order valence-electron chi connectivity index (χ3n) is 6.34. The van der Waals surface area contributed by atoms with Gasteiger partial charge in [0.15, 0.2) is 5.96 Å². The molecule has 176 valence electrons. The Hall–Kier alpha value is -1.88. The summed E-state index contributed by atoms with van der Waals surface area (Å²) >= 11 is 0. The van der Waals surface area contributed by atoms with Gasteiger partial charge >= 0.3 is 0 Å². The number of aromatic nitrogens is 2. The standard InChI is InChI=1S/C23H35N7O.HI/c1-19-7-6-12-30-17-20(26-22(19)30)8-9-25-23(24-2)29-15-13-27(14-16-29)18-21(31)28-10-4-3-5-11-28;/h6-7,12,17H,3-5,8-11,13-16,18H2,1-2H3,(H,24,25);1H. The first-order valence-electron chi connectivity index (χ1n) is 11.5. The summed E-state index contributed by atoms with van der Waals surface area (Å²) in [6, 6.07) is 4.14. The molecule has 0 atom stereocenters. The van der Waals surface area contributed by atoms with Crippen LogP contribution in [0.5, 0.6) is 0 Å². The number of amides is 1. The van der Waals surface area contributed by atoms with Crippen LogP contribution < -0.4 is 5.32 Å². The molecule has 4 heterocycles. The molecule has 0 aromatic carbocycles. The number of halogens is 1. The Morgan fingerprint density at radius 3 is 2.53 bits per heavy atom. The Morgan fingerprint density at radius 1 is 1.09 bits per heavy atom. The minimum atomic E-state index is 0. The van der Waals surface area contributed by atoms with Gasteiger partial charge in [-0.15, -0.1) is 24.0 Å². The molecule has 4 rings (SSSR count). The second-order valence-electron chi connectivity index (χ2n) is 8.58. The minimum absolute atomic E-state index is 0. The number of carbonyl (C=O) groups excluding carboxylic acids is 1. The zero-order chi connectivity index (χ0) is 21.6. The lowest BCUT2D eigenvalue weighted by molar-refractivity contribution is -0.133. The smallest absolute Gasteiger partial charge is 0.236 e. The highest BCUT2D eigenvalue weighted by Crippen LogP contribution is 2.11. The third-order valence-corrected chi connectivity index (χ3v) is 6.34. The van der Waals surface area contributed by atoms with Crippen LogP contribution in [0.15, 0.2) is 29.5 Å². The van der Waals surface area contributed by atoms with Crippen LogP contribution >= 0.6 is 24.0 Å². The summed E-state index contributed by atoms with van der Waals surface area (Å²) in [4.78, 5) is 28.4. The largest absolute Gasteiger partial charge is 0.356 e. The monoisotopic (exact) mass is 553 g/mol. The van der Waals surface area contributed by atoms with E-state index in [1.165, 1.54) is 12.0 Å². The average Bonchev–Trinajstić information content (AvgIpc) is 3.22. The summed E-state index contributed by atoms with van der Waals surface area (Å²) in [5, 5.41) is 3.49. The second kappa shape index (κ2) is 11.8. The highest BCUT2D eigenvalue weighted by Gasteiger charge is 2.24. The van der Waals surface area contributed by atoms with Crippen molar-refractivity contribution >= 4 is 41.5 Å². The van der Waals surface area contributed by atoms with Gasteiger partial charge in [-0.1, -0.05) is 6.07 Å². The number of piperazine rings is 1. The fourth-order valence-corrected chi connectivity index (χ4v) is 4.51. The first kappa shape index (κ1) is 24.8. The van der Waals surface area contributed by atoms with E-state index in [2.05, 4.69) is 43.7 Å². The Kier molecular flexibility index (Phi) is 9.15. The number of aryl methyl sites for hydroxylation is 1. The molecule has 2 aliphatic heterocycles. The molecule has 0 spiro atoms. The van der Waals surface area contributed by atoms with E-state index in [1.807, 2.05) is 24.2 Å². The molecule has 0 aliphatic carbocycles. The van der Waals surface area contributed by atoms with Crippen LogP contribution in [0.4, 0.5) is 0 Å². The van der Waals surface area contributed by atoms with Crippen molar-refractivity contribution in [2.45, 2.75) is 32.6 Å². The number of likely N-dealkylation sites (tertiary alicyclic amines) is 1. The highest BCUT2D eigenvalue weighted by atomic mass is 127. The summed E-state index contributed by atoms with van der Waals surface area (Å²) < 4.78 is 2.09. The fourth-order valence-electron chi connectivity index (χ4n) is 4.51. The second-order valence-corrected chi connectivity index (χ2v) is 8.58. The van der Waals surface area contributed by atoms with Gasteiger partial charge in [-0.25, -0.2) is 4.98 Å². The van der Waals surface area contributed by atoms with Gasteiger partial charge in [0.1, 0.15) is 5.65 Å². The maximum atomic E-state index is 12.5. The van der Waals surface area contributed by atoms with Crippen molar-refractivity contribution < 1.29 is 4.79 Å². The van der Waals surface area contributed by atoms with Crippen molar-refractivity contribution in [2.75, 3.05) is 59.4 Å². The predicted octanol–water partition coefficient (Wildman–Crippen LogP) is 2.01. The molecular formula is C23H36IN7O. The molecule has 2 aliphatic rings. The lowest BCUT2D eigenvalue weighted by Crippen LogP contribution is -2.54. The summed E-state index contributed by atoms with van der Waals surface area (Å²) in [5.41, 5.74) is 3.30. The number of nitrogens with one attached hydrogen (secondary N) is 1. The molecule has 2 aromatic heterocycles. The number of imidazole rings is 1. The summed E-state index contributed by atoms with van der Waals surface area (Å²) in [7, 11) is 1.84. The van der Waals surface area contributed by atoms with Gasteiger partial charge in [-0.05, 0) is 37.8 Å². The van der Waals surface area contributed by atoms with E-state index in [9.17, 15) is 4.79 Å². The number of hydrogen-bond donors (Lipinski definition) is 1. The topological polar surface area (TPSA) is 68.5 Å². The van der Waals surface area contributed by atoms with Crippen molar-refractivity contribution in [3.05, 3.63) is 35.8 Å². The minimum Gasteiger partial charge on any atom is -0.356 e. The molecular weight excluding hydrogens is 517 g/mol. The molecule has 0 unspecified atom stereocenters. The quantitative estimate of drug-likeness (QED) is 0.349. The Morgan fingerprint density at radius 2 is 1.84 bits per heavy atom. The van der Waals surface area contributed by atoms with E-state index in [1.54, 1.807) is 0 Å². The zero-order valence-electron chi connectivity index (χ0n) is 19.3. The van der Waals surface area contributed by atoms with E-state index in [4.69, 9.17) is 4.98 Å². The Bertz CT molecular complexity index is 914.